The number of rotatable bonds is 2. The van der Waals surface area contributed by atoms with E-state index in [4.69, 9.17) is 10.00 Å². The van der Waals surface area contributed by atoms with Crippen molar-refractivity contribution in [1.29, 1.82) is 5.26 Å². The Morgan fingerprint density at radius 2 is 2.00 bits per heavy atom. The number of benzene rings is 1. The maximum atomic E-state index is 11.7. The molecule has 102 valence electrons. The first kappa shape index (κ1) is 14.8. The molecular weight excluding hydrogens is 242 g/mol. The van der Waals surface area contributed by atoms with E-state index in [0.29, 0.717) is 11.3 Å². The second kappa shape index (κ2) is 5.61. The molecule has 1 N–H and O–H groups in total. The lowest BCUT2D eigenvalue weighted by molar-refractivity contribution is 0.0636. The summed E-state index contributed by atoms with van der Waals surface area (Å²) in [6, 6.07) is 7.27. The summed E-state index contributed by atoms with van der Waals surface area (Å²) in [4.78, 5) is 13.6. The second-order valence-electron chi connectivity index (χ2n) is 5.36. The molecule has 0 fully saturated rings. The Labute approximate surface area is 113 Å². The van der Waals surface area contributed by atoms with Crippen LogP contribution in [0, 0.1) is 11.3 Å². The number of nitrogens with one attached hydrogen (secondary N) is 1. The summed E-state index contributed by atoms with van der Waals surface area (Å²) in [5.41, 5.74) is 1.17. The highest BCUT2D eigenvalue weighted by atomic mass is 16.6. The minimum absolute atomic E-state index is 0.399. The van der Waals surface area contributed by atoms with Crippen LogP contribution >= 0.6 is 0 Å². The Balaban J connectivity index is 2.96. The van der Waals surface area contributed by atoms with Gasteiger partial charge in [0, 0.05) is 19.8 Å². The Hall–Kier alpha value is -2.22. The first-order chi connectivity index (χ1) is 8.73. The summed E-state index contributed by atoms with van der Waals surface area (Å²) in [7, 11) is 3.78. The zero-order valence-corrected chi connectivity index (χ0v) is 11.9. The molecule has 0 radical (unpaired) electrons. The minimum atomic E-state index is -0.573. The molecule has 0 aliphatic carbocycles. The monoisotopic (exact) mass is 261 g/mol. The predicted molar refractivity (Wildman–Crippen MR) is 75.3 cm³/mol. The van der Waals surface area contributed by atoms with E-state index in [1.54, 1.807) is 32.9 Å². The number of anilines is 2. The van der Waals surface area contributed by atoms with E-state index < -0.39 is 11.7 Å². The van der Waals surface area contributed by atoms with Gasteiger partial charge in [0.1, 0.15) is 11.7 Å². The van der Waals surface area contributed by atoms with Crippen molar-refractivity contribution >= 4 is 17.5 Å². The summed E-state index contributed by atoms with van der Waals surface area (Å²) in [5.74, 6) is 0. The largest absolute Gasteiger partial charge is 0.444 e. The van der Waals surface area contributed by atoms with Crippen molar-refractivity contribution in [2.75, 3.05) is 24.3 Å². The number of carbonyl (C=O) groups is 1. The van der Waals surface area contributed by atoms with E-state index in [2.05, 4.69) is 5.32 Å². The topological polar surface area (TPSA) is 65.4 Å². The third kappa shape index (κ3) is 4.51. The lowest BCUT2D eigenvalue weighted by atomic mass is 10.1. The summed E-state index contributed by atoms with van der Waals surface area (Å²) >= 11 is 0. The maximum absolute atomic E-state index is 11.7. The summed E-state index contributed by atoms with van der Waals surface area (Å²) in [6.07, 6.45) is -0.570. The van der Waals surface area contributed by atoms with Crippen LogP contribution in [0.5, 0.6) is 0 Å². The van der Waals surface area contributed by atoms with Crippen LogP contribution in [-0.4, -0.2) is 25.8 Å². The number of nitrogens with zero attached hydrogens (tertiary/aromatic N) is 2. The van der Waals surface area contributed by atoms with Crippen LogP contribution in [0.25, 0.3) is 0 Å². The van der Waals surface area contributed by atoms with Gasteiger partial charge in [-0.25, -0.2) is 4.79 Å². The molecule has 19 heavy (non-hydrogen) atoms. The second-order valence-corrected chi connectivity index (χ2v) is 5.36. The van der Waals surface area contributed by atoms with E-state index in [9.17, 15) is 4.79 Å². The van der Waals surface area contributed by atoms with E-state index in [1.165, 1.54) is 0 Å². The fourth-order valence-corrected chi connectivity index (χ4v) is 1.42. The van der Waals surface area contributed by atoms with Crippen molar-refractivity contribution in [3.05, 3.63) is 23.8 Å². The molecule has 0 saturated carbocycles. The Bertz CT molecular complexity index is 510. The highest BCUT2D eigenvalue weighted by Gasteiger charge is 2.17. The van der Waals surface area contributed by atoms with Crippen LogP contribution in [0.2, 0.25) is 0 Å². The van der Waals surface area contributed by atoms with Gasteiger partial charge in [0.05, 0.1) is 11.3 Å². The molecule has 0 spiro atoms. The Morgan fingerprint density at radius 3 is 2.47 bits per heavy atom. The van der Waals surface area contributed by atoms with Gasteiger partial charge in [0.25, 0.3) is 0 Å². The lowest BCUT2D eigenvalue weighted by Crippen LogP contribution is -2.27. The molecule has 0 aliphatic heterocycles. The highest BCUT2D eigenvalue weighted by molar-refractivity contribution is 5.87. The average Bonchev–Trinajstić information content (AvgIpc) is 2.26. The minimum Gasteiger partial charge on any atom is -0.444 e. The molecule has 1 aromatic rings. The van der Waals surface area contributed by atoms with Crippen molar-refractivity contribution in [3.63, 3.8) is 0 Å². The van der Waals surface area contributed by atoms with Gasteiger partial charge in [-0.15, -0.1) is 0 Å². The SMILES string of the molecule is CN(C)c1ccc(C#N)c(NC(=O)OC(C)(C)C)c1. The molecular formula is C14H19N3O2. The van der Waals surface area contributed by atoms with Crippen molar-refractivity contribution in [1.82, 2.24) is 0 Å². The molecule has 0 saturated heterocycles. The molecule has 1 rings (SSSR count). The average molecular weight is 261 g/mol. The van der Waals surface area contributed by atoms with Gasteiger partial charge in [-0.3, -0.25) is 5.32 Å². The van der Waals surface area contributed by atoms with Crippen LogP contribution < -0.4 is 10.2 Å². The zero-order chi connectivity index (χ0) is 14.6. The summed E-state index contributed by atoms with van der Waals surface area (Å²) < 4.78 is 5.17. The van der Waals surface area contributed by atoms with Gasteiger partial charge in [0.15, 0.2) is 0 Å². The lowest BCUT2D eigenvalue weighted by Gasteiger charge is -2.20. The van der Waals surface area contributed by atoms with Crippen LogP contribution in [0.15, 0.2) is 18.2 Å². The molecule has 0 unspecified atom stereocenters. The van der Waals surface area contributed by atoms with Crippen LogP contribution in [0.4, 0.5) is 16.2 Å². The van der Waals surface area contributed by atoms with E-state index >= 15 is 0 Å². The highest BCUT2D eigenvalue weighted by Crippen LogP contribution is 2.22. The smallest absolute Gasteiger partial charge is 0.412 e. The van der Waals surface area contributed by atoms with Crippen LogP contribution in [-0.2, 0) is 4.74 Å². The normalized spacial score (nSPS) is 10.5. The molecule has 0 aliphatic rings. The first-order valence-corrected chi connectivity index (χ1v) is 5.94. The molecule has 1 amide bonds. The molecule has 5 nitrogen and oxygen atoms in total. The van der Waals surface area contributed by atoms with Gasteiger partial charge in [-0.1, -0.05) is 0 Å². The zero-order valence-electron chi connectivity index (χ0n) is 11.9. The standard InChI is InChI=1S/C14H19N3O2/c1-14(2,3)19-13(18)16-12-8-11(17(4)5)7-6-10(12)9-15/h6-8H,1-5H3,(H,16,18). The van der Waals surface area contributed by atoms with Gasteiger partial charge in [0.2, 0.25) is 0 Å². The maximum Gasteiger partial charge on any atom is 0.412 e. The van der Waals surface area contributed by atoms with Crippen LogP contribution in [0.3, 0.4) is 0 Å². The first-order valence-electron chi connectivity index (χ1n) is 5.94. The predicted octanol–water partition coefficient (Wildman–Crippen LogP) is 2.97. The Kier molecular flexibility index (Phi) is 4.38. The van der Waals surface area contributed by atoms with Crippen molar-refractivity contribution in [2.24, 2.45) is 0 Å². The summed E-state index contributed by atoms with van der Waals surface area (Å²) in [6.45, 7) is 5.36. The van der Waals surface area contributed by atoms with Gasteiger partial charge in [-0.05, 0) is 39.0 Å². The van der Waals surface area contributed by atoms with E-state index in [1.807, 2.05) is 31.1 Å². The third-order valence-electron chi connectivity index (χ3n) is 2.28. The molecule has 0 heterocycles. The molecule has 1 aromatic carbocycles. The number of hydrogen-bond acceptors (Lipinski definition) is 4. The Morgan fingerprint density at radius 1 is 1.37 bits per heavy atom. The molecule has 0 atom stereocenters. The molecule has 5 heteroatoms. The quantitative estimate of drug-likeness (QED) is 0.888. The van der Waals surface area contributed by atoms with Gasteiger partial charge >= 0.3 is 6.09 Å². The number of ether oxygens (including phenoxy) is 1. The number of carbonyl (C=O) groups excluding carboxylic acids is 1. The van der Waals surface area contributed by atoms with Crippen LogP contribution in [0.1, 0.15) is 26.3 Å². The van der Waals surface area contributed by atoms with Crippen molar-refractivity contribution in [2.45, 2.75) is 26.4 Å². The van der Waals surface area contributed by atoms with E-state index in [0.717, 1.165) is 5.69 Å². The summed E-state index contributed by atoms with van der Waals surface area (Å²) in [5, 5.41) is 11.6. The van der Waals surface area contributed by atoms with Crippen molar-refractivity contribution in [3.8, 4) is 6.07 Å². The van der Waals surface area contributed by atoms with E-state index in [-0.39, 0.29) is 0 Å². The fourth-order valence-electron chi connectivity index (χ4n) is 1.42. The number of amides is 1. The van der Waals surface area contributed by atoms with Gasteiger partial charge < -0.3 is 9.64 Å². The van der Waals surface area contributed by atoms with Crippen molar-refractivity contribution < 1.29 is 9.53 Å². The van der Waals surface area contributed by atoms with Gasteiger partial charge in [-0.2, -0.15) is 5.26 Å². The molecule has 0 aromatic heterocycles. The third-order valence-corrected chi connectivity index (χ3v) is 2.28. The fraction of sp³-hybridized carbons (Fsp3) is 0.429. The number of nitriles is 1. The number of hydrogen-bond donors (Lipinski definition) is 1. The molecule has 0 bridgehead atoms.